The maximum Gasteiger partial charge on any atom is 0.240 e. The van der Waals surface area contributed by atoms with Gasteiger partial charge in [0.1, 0.15) is 0 Å². The summed E-state index contributed by atoms with van der Waals surface area (Å²) in [6.45, 7) is 3.50. The zero-order chi connectivity index (χ0) is 16.3. The normalized spacial score (nSPS) is 19.3. The standard InChI is InChI=1S/C17H24N4O2/c18-17(7-8-17)16(23)19-9-6-15(22)21-12-10-20(11-13-21)14-4-2-1-3-5-14/h1-5H,6-13,18H2,(H,19,23). The fraction of sp³-hybridized carbons (Fsp3) is 0.529. The second-order valence-electron chi connectivity index (χ2n) is 6.37. The highest BCUT2D eigenvalue weighted by atomic mass is 16.2. The number of hydrogen-bond donors (Lipinski definition) is 2. The van der Waals surface area contributed by atoms with E-state index in [1.54, 1.807) is 0 Å². The van der Waals surface area contributed by atoms with Crippen LogP contribution < -0.4 is 16.0 Å². The number of nitrogens with two attached hydrogens (primary N) is 1. The van der Waals surface area contributed by atoms with Gasteiger partial charge in [0.05, 0.1) is 5.54 Å². The lowest BCUT2D eigenvalue weighted by Gasteiger charge is -2.36. The Balaban J connectivity index is 1.39. The minimum Gasteiger partial charge on any atom is -0.368 e. The fourth-order valence-corrected chi connectivity index (χ4v) is 2.83. The van der Waals surface area contributed by atoms with Crippen molar-refractivity contribution in [1.82, 2.24) is 10.2 Å². The van der Waals surface area contributed by atoms with Gasteiger partial charge in [0.2, 0.25) is 11.8 Å². The first-order valence-electron chi connectivity index (χ1n) is 8.23. The van der Waals surface area contributed by atoms with Crippen molar-refractivity contribution < 1.29 is 9.59 Å². The molecule has 1 aliphatic heterocycles. The molecule has 0 unspecified atom stereocenters. The molecule has 1 aromatic carbocycles. The van der Waals surface area contributed by atoms with Crippen LogP contribution in [-0.2, 0) is 9.59 Å². The number of amides is 2. The van der Waals surface area contributed by atoms with Crippen molar-refractivity contribution >= 4 is 17.5 Å². The van der Waals surface area contributed by atoms with Gasteiger partial charge in [-0.1, -0.05) is 18.2 Å². The first-order chi connectivity index (χ1) is 11.1. The Hall–Kier alpha value is -2.08. The van der Waals surface area contributed by atoms with Crippen LogP contribution in [0.1, 0.15) is 19.3 Å². The fourth-order valence-electron chi connectivity index (χ4n) is 2.83. The molecule has 0 bridgehead atoms. The van der Waals surface area contributed by atoms with E-state index in [1.807, 2.05) is 23.1 Å². The first-order valence-corrected chi connectivity index (χ1v) is 8.23. The highest BCUT2D eigenvalue weighted by Crippen LogP contribution is 2.31. The molecule has 1 aliphatic carbocycles. The van der Waals surface area contributed by atoms with Crippen molar-refractivity contribution in [3.8, 4) is 0 Å². The van der Waals surface area contributed by atoms with Crippen LogP contribution in [0.15, 0.2) is 30.3 Å². The average Bonchev–Trinajstić information content (AvgIpc) is 3.34. The highest BCUT2D eigenvalue weighted by molar-refractivity contribution is 5.89. The molecular weight excluding hydrogens is 292 g/mol. The Kier molecular flexibility index (Phi) is 4.52. The number of piperazine rings is 1. The van der Waals surface area contributed by atoms with E-state index in [1.165, 1.54) is 5.69 Å². The number of benzene rings is 1. The summed E-state index contributed by atoms with van der Waals surface area (Å²) in [6, 6.07) is 10.2. The van der Waals surface area contributed by atoms with Crippen LogP contribution in [0.5, 0.6) is 0 Å². The Morgan fingerprint density at radius 1 is 1.09 bits per heavy atom. The Labute approximate surface area is 136 Å². The number of carbonyl (C=O) groups excluding carboxylic acids is 2. The lowest BCUT2D eigenvalue weighted by atomic mass is 10.2. The average molecular weight is 316 g/mol. The van der Waals surface area contributed by atoms with Crippen LogP contribution in [0.4, 0.5) is 5.69 Å². The molecule has 6 heteroatoms. The summed E-state index contributed by atoms with van der Waals surface area (Å²) in [5.41, 5.74) is 6.34. The van der Waals surface area contributed by atoms with Gasteiger partial charge in [-0.15, -0.1) is 0 Å². The quantitative estimate of drug-likeness (QED) is 0.821. The molecule has 0 aromatic heterocycles. The Morgan fingerprint density at radius 2 is 1.74 bits per heavy atom. The smallest absolute Gasteiger partial charge is 0.240 e. The molecule has 0 atom stereocenters. The Morgan fingerprint density at radius 3 is 2.35 bits per heavy atom. The van der Waals surface area contributed by atoms with Crippen molar-refractivity contribution in [2.45, 2.75) is 24.8 Å². The molecule has 6 nitrogen and oxygen atoms in total. The topological polar surface area (TPSA) is 78.7 Å². The molecule has 1 aromatic rings. The van der Waals surface area contributed by atoms with E-state index in [9.17, 15) is 9.59 Å². The predicted octanol–water partition coefficient (Wildman–Crippen LogP) is 0.333. The molecule has 3 rings (SSSR count). The van der Waals surface area contributed by atoms with Crippen LogP contribution in [0.25, 0.3) is 0 Å². The van der Waals surface area contributed by atoms with Gasteiger partial charge in [-0.2, -0.15) is 0 Å². The van der Waals surface area contributed by atoms with Gasteiger partial charge in [-0.25, -0.2) is 0 Å². The second-order valence-corrected chi connectivity index (χ2v) is 6.37. The van der Waals surface area contributed by atoms with Crippen molar-refractivity contribution in [3.05, 3.63) is 30.3 Å². The van der Waals surface area contributed by atoms with E-state index < -0.39 is 5.54 Å². The number of rotatable bonds is 5. The third-order valence-electron chi connectivity index (χ3n) is 4.62. The number of carbonyl (C=O) groups is 2. The highest BCUT2D eigenvalue weighted by Gasteiger charge is 2.45. The first kappa shape index (κ1) is 15.8. The van der Waals surface area contributed by atoms with Gasteiger partial charge in [0.25, 0.3) is 0 Å². The summed E-state index contributed by atoms with van der Waals surface area (Å²) in [5.74, 6) is -0.0286. The van der Waals surface area contributed by atoms with Gasteiger partial charge in [-0.05, 0) is 25.0 Å². The van der Waals surface area contributed by atoms with Crippen molar-refractivity contribution in [2.75, 3.05) is 37.6 Å². The van der Waals surface area contributed by atoms with Gasteiger partial charge in [-0.3, -0.25) is 9.59 Å². The summed E-state index contributed by atoms with van der Waals surface area (Å²) < 4.78 is 0. The largest absolute Gasteiger partial charge is 0.368 e. The molecule has 124 valence electrons. The van der Waals surface area contributed by atoms with E-state index >= 15 is 0 Å². The van der Waals surface area contributed by atoms with E-state index in [4.69, 9.17) is 5.73 Å². The molecule has 1 heterocycles. The van der Waals surface area contributed by atoms with Gasteiger partial charge >= 0.3 is 0 Å². The molecule has 0 spiro atoms. The molecule has 2 amide bonds. The maximum absolute atomic E-state index is 12.2. The van der Waals surface area contributed by atoms with E-state index in [-0.39, 0.29) is 11.8 Å². The number of hydrogen-bond acceptors (Lipinski definition) is 4. The van der Waals surface area contributed by atoms with E-state index in [0.29, 0.717) is 13.0 Å². The lowest BCUT2D eigenvalue weighted by molar-refractivity contribution is -0.131. The summed E-state index contributed by atoms with van der Waals surface area (Å²) in [7, 11) is 0. The molecule has 0 radical (unpaired) electrons. The number of nitrogens with zero attached hydrogens (tertiary/aromatic N) is 2. The number of para-hydroxylation sites is 1. The molecule has 2 aliphatic rings. The van der Waals surface area contributed by atoms with Crippen LogP contribution >= 0.6 is 0 Å². The Bertz CT molecular complexity index is 563. The molecule has 23 heavy (non-hydrogen) atoms. The van der Waals surface area contributed by atoms with Gasteiger partial charge in [0.15, 0.2) is 0 Å². The maximum atomic E-state index is 12.2. The molecule has 1 saturated carbocycles. The van der Waals surface area contributed by atoms with Crippen LogP contribution in [-0.4, -0.2) is 55.0 Å². The van der Waals surface area contributed by atoms with Crippen molar-refractivity contribution in [3.63, 3.8) is 0 Å². The number of anilines is 1. The van der Waals surface area contributed by atoms with Gasteiger partial charge < -0.3 is 20.9 Å². The van der Waals surface area contributed by atoms with Gasteiger partial charge in [0, 0.05) is 44.8 Å². The number of nitrogens with one attached hydrogen (secondary N) is 1. The van der Waals surface area contributed by atoms with Crippen LogP contribution in [0.2, 0.25) is 0 Å². The summed E-state index contributed by atoms with van der Waals surface area (Å²) in [6.07, 6.45) is 1.83. The summed E-state index contributed by atoms with van der Waals surface area (Å²) >= 11 is 0. The van der Waals surface area contributed by atoms with Crippen molar-refractivity contribution in [1.29, 1.82) is 0 Å². The van der Waals surface area contributed by atoms with Crippen LogP contribution in [0, 0.1) is 0 Å². The summed E-state index contributed by atoms with van der Waals surface area (Å²) in [4.78, 5) is 28.1. The molecular formula is C17H24N4O2. The summed E-state index contributed by atoms with van der Waals surface area (Å²) in [5, 5.41) is 2.77. The molecule has 3 N–H and O–H groups in total. The monoisotopic (exact) mass is 316 g/mol. The predicted molar refractivity (Wildman–Crippen MR) is 89.0 cm³/mol. The molecule has 2 fully saturated rings. The zero-order valence-corrected chi connectivity index (χ0v) is 13.3. The van der Waals surface area contributed by atoms with E-state index in [2.05, 4.69) is 22.3 Å². The second kappa shape index (κ2) is 6.58. The lowest BCUT2D eigenvalue weighted by Crippen LogP contribution is -2.49. The SMILES string of the molecule is NC1(C(=O)NCCC(=O)N2CCN(c3ccccc3)CC2)CC1. The molecule has 1 saturated heterocycles. The van der Waals surface area contributed by atoms with Crippen LogP contribution in [0.3, 0.4) is 0 Å². The third kappa shape index (κ3) is 3.82. The zero-order valence-electron chi connectivity index (χ0n) is 13.3. The minimum atomic E-state index is -0.662. The third-order valence-corrected chi connectivity index (χ3v) is 4.62. The van der Waals surface area contributed by atoms with Crippen molar-refractivity contribution in [2.24, 2.45) is 5.73 Å². The minimum absolute atomic E-state index is 0.0971. The van der Waals surface area contributed by atoms with E-state index in [0.717, 1.165) is 39.0 Å².